The summed E-state index contributed by atoms with van der Waals surface area (Å²) >= 11 is 0. The molecular weight excluding hydrogens is 550 g/mol. The quantitative estimate of drug-likeness (QED) is 0.273. The van der Waals surface area contributed by atoms with Crippen LogP contribution in [0.5, 0.6) is 28.7 Å². The number of methoxy groups -OCH3 is 5. The number of para-hydroxylation sites is 1. The van der Waals surface area contributed by atoms with Gasteiger partial charge in [0.05, 0.1) is 46.9 Å². The summed E-state index contributed by atoms with van der Waals surface area (Å²) in [5.74, 6) is 2.97. The summed E-state index contributed by atoms with van der Waals surface area (Å²) in [6.45, 7) is 7.42. The smallest absolute Gasteiger partial charge is 0.410 e. The molecule has 1 aromatic heterocycles. The number of benzene rings is 2. The zero-order valence-electron chi connectivity index (χ0n) is 26.4. The second kappa shape index (κ2) is 13.8. The second-order valence-corrected chi connectivity index (χ2v) is 11.3. The van der Waals surface area contributed by atoms with Crippen molar-refractivity contribution >= 4 is 11.8 Å². The number of rotatable bonds is 10. The van der Waals surface area contributed by atoms with Crippen LogP contribution in [0.15, 0.2) is 48.7 Å². The van der Waals surface area contributed by atoms with Gasteiger partial charge in [-0.2, -0.15) is 0 Å². The van der Waals surface area contributed by atoms with Crippen LogP contribution in [-0.4, -0.2) is 76.3 Å². The first kappa shape index (κ1) is 31.6. The minimum atomic E-state index is -0.537. The fraction of sp³-hybridized carbons (Fsp3) is 0.455. The maximum atomic E-state index is 12.8. The molecule has 1 aliphatic heterocycles. The lowest BCUT2D eigenvalue weighted by molar-refractivity contribution is 0.0204. The number of likely N-dealkylation sites (tertiary alicyclic amines) is 1. The average molecular weight is 594 g/mol. The standard InChI is InChI=1S/C33H43N3O7/c1-33(2,3)43-32(37)35-16-13-24(14-17-35)36(26-10-9-11-27(38-4)30(26)41-7)21-22-12-15-34-25(18-22)23-19-28(39-5)31(42-8)29(20-23)40-6/h9-12,15,18-20,24H,13-14,16-17,21H2,1-8H3. The molecule has 2 aromatic carbocycles. The van der Waals surface area contributed by atoms with Crippen molar-refractivity contribution in [3.05, 3.63) is 54.2 Å². The van der Waals surface area contributed by atoms with E-state index in [4.69, 9.17) is 28.4 Å². The van der Waals surface area contributed by atoms with Gasteiger partial charge in [0.25, 0.3) is 0 Å². The van der Waals surface area contributed by atoms with Crippen molar-refractivity contribution in [2.45, 2.75) is 51.8 Å². The summed E-state index contributed by atoms with van der Waals surface area (Å²) in [4.78, 5) is 21.5. The number of amides is 1. The number of anilines is 1. The van der Waals surface area contributed by atoms with Gasteiger partial charge in [0, 0.05) is 37.4 Å². The molecule has 3 aromatic rings. The van der Waals surface area contributed by atoms with E-state index in [1.54, 1.807) is 46.6 Å². The minimum Gasteiger partial charge on any atom is -0.493 e. The molecule has 232 valence electrons. The fourth-order valence-electron chi connectivity index (χ4n) is 5.35. The molecule has 4 rings (SSSR count). The lowest BCUT2D eigenvalue weighted by atomic mass is 10.0. The van der Waals surface area contributed by atoms with Crippen LogP contribution in [0.2, 0.25) is 0 Å². The molecule has 1 aliphatic rings. The van der Waals surface area contributed by atoms with Crippen LogP contribution >= 0.6 is 0 Å². The van der Waals surface area contributed by atoms with Crippen LogP contribution in [0.4, 0.5) is 10.5 Å². The predicted octanol–water partition coefficient (Wildman–Crippen LogP) is 6.20. The van der Waals surface area contributed by atoms with Gasteiger partial charge in [0.15, 0.2) is 23.0 Å². The lowest BCUT2D eigenvalue weighted by Gasteiger charge is -2.40. The Labute approximate surface area is 254 Å². The molecule has 10 nitrogen and oxygen atoms in total. The van der Waals surface area contributed by atoms with E-state index in [0.29, 0.717) is 48.4 Å². The first-order valence-corrected chi connectivity index (χ1v) is 14.3. The molecule has 0 bridgehead atoms. The number of nitrogens with zero attached hydrogens (tertiary/aromatic N) is 3. The van der Waals surface area contributed by atoms with E-state index in [2.05, 4.69) is 16.0 Å². The van der Waals surface area contributed by atoms with Gasteiger partial charge in [-0.05, 0) is 75.6 Å². The highest BCUT2D eigenvalue weighted by atomic mass is 16.6. The third-order valence-corrected chi connectivity index (χ3v) is 7.39. The molecule has 43 heavy (non-hydrogen) atoms. The second-order valence-electron chi connectivity index (χ2n) is 11.3. The number of piperidine rings is 1. The number of hydrogen-bond donors (Lipinski definition) is 0. The van der Waals surface area contributed by atoms with Crippen molar-refractivity contribution in [1.29, 1.82) is 0 Å². The van der Waals surface area contributed by atoms with Gasteiger partial charge in [-0.1, -0.05) is 6.07 Å². The monoisotopic (exact) mass is 593 g/mol. The summed E-state index contributed by atoms with van der Waals surface area (Å²) in [7, 11) is 8.06. The van der Waals surface area contributed by atoms with Gasteiger partial charge in [0.2, 0.25) is 5.75 Å². The largest absolute Gasteiger partial charge is 0.493 e. The molecule has 0 N–H and O–H groups in total. The van der Waals surface area contributed by atoms with E-state index in [9.17, 15) is 4.79 Å². The third kappa shape index (κ3) is 7.36. The Morgan fingerprint density at radius 3 is 2.05 bits per heavy atom. The molecule has 0 radical (unpaired) electrons. The van der Waals surface area contributed by atoms with Crippen molar-refractivity contribution in [2.75, 3.05) is 53.5 Å². The maximum Gasteiger partial charge on any atom is 0.410 e. The molecular formula is C33H43N3O7. The van der Waals surface area contributed by atoms with E-state index in [0.717, 1.165) is 35.3 Å². The highest BCUT2D eigenvalue weighted by molar-refractivity contribution is 5.70. The third-order valence-electron chi connectivity index (χ3n) is 7.39. The summed E-state index contributed by atoms with van der Waals surface area (Å²) in [5.41, 5.74) is 3.05. The molecule has 0 aliphatic carbocycles. The van der Waals surface area contributed by atoms with Gasteiger partial charge in [-0.15, -0.1) is 0 Å². The Morgan fingerprint density at radius 2 is 1.49 bits per heavy atom. The normalized spacial score (nSPS) is 13.7. The molecule has 0 unspecified atom stereocenters. The number of carbonyl (C=O) groups is 1. The Hall–Kier alpha value is -4.34. The van der Waals surface area contributed by atoms with Crippen molar-refractivity contribution < 1.29 is 33.2 Å². The van der Waals surface area contributed by atoms with E-state index < -0.39 is 5.60 Å². The summed E-state index contributed by atoms with van der Waals surface area (Å²) in [6.07, 6.45) is 3.06. The molecule has 1 saturated heterocycles. The highest BCUT2D eigenvalue weighted by Crippen LogP contribution is 2.42. The highest BCUT2D eigenvalue weighted by Gasteiger charge is 2.31. The van der Waals surface area contributed by atoms with Crippen LogP contribution in [-0.2, 0) is 11.3 Å². The van der Waals surface area contributed by atoms with Gasteiger partial charge < -0.3 is 38.2 Å². The number of ether oxygens (including phenoxy) is 6. The van der Waals surface area contributed by atoms with E-state index in [-0.39, 0.29) is 12.1 Å². The van der Waals surface area contributed by atoms with Crippen molar-refractivity contribution in [3.8, 4) is 40.0 Å². The van der Waals surface area contributed by atoms with Gasteiger partial charge in [-0.25, -0.2) is 4.79 Å². The van der Waals surface area contributed by atoms with Crippen LogP contribution < -0.4 is 28.6 Å². The summed E-state index contributed by atoms with van der Waals surface area (Å²) in [5, 5.41) is 0. The number of carbonyl (C=O) groups excluding carboxylic acids is 1. The molecule has 1 amide bonds. The topological polar surface area (TPSA) is 91.8 Å². The van der Waals surface area contributed by atoms with Crippen molar-refractivity contribution in [3.63, 3.8) is 0 Å². The molecule has 1 fully saturated rings. The molecule has 10 heteroatoms. The summed E-state index contributed by atoms with van der Waals surface area (Å²) in [6, 6.07) is 13.9. The average Bonchev–Trinajstić information content (AvgIpc) is 3.01. The van der Waals surface area contributed by atoms with Crippen LogP contribution in [0, 0.1) is 0 Å². The molecule has 2 heterocycles. The molecule has 0 atom stereocenters. The zero-order valence-corrected chi connectivity index (χ0v) is 26.4. The number of pyridine rings is 1. The Kier molecular flexibility index (Phi) is 10.1. The predicted molar refractivity (Wildman–Crippen MR) is 166 cm³/mol. The Morgan fingerprint density at radius 1 is 0.860 bits per heavy atom. The number of hydrogen-bond acceptors (Lipinski definition) is 9. The Bertz CT molecular complexity index is 1370. The SMILES string of the molecule is COc1cc(-c2cc(CN(c3cccc(OC)c3OC)C3CCN(C(=O)OC(C)(C)C)CC3)ccn2)cc(OC)c1OC. The first-order valence-electron chi connectivity index (χ1n) is 14.3. The van der Waals surface area contributed by atoms with Crippen LogP contribution in [0.1, 0.15) is 39.2 Å². The van der Waals surface area contributed by atoms with E-state index >= 15 is 0 Å². The number of aromatic nitrogens is 1. The fourth-order valence-corrected chi connectivity index (χ4v) is 5.35. The maximum absolute atomic E-state index is 12.8. The zero-order chi connectivity index (χ0) is 31.1. The van der Waals surface area contributed by atoms with Crippen molar-refractivity contribution in [2.24, 2.45) is 0 Å². The first-order chi connectivity index (χ1) is 20.6. The van der Waals surface area contributed by atoms with Crippen molar-refractivity contribution in [1.82, 2.24) is 9.88 Å². The summed E-state index contributed by atoms with van der Waals surface area (Å²) < 4.78 is 33.7. The Balaban J connectivity index is 1.67. The minimum absolute atomic E-state index is 0.137. The van der Waals surface area contributed by atoms with Crippen LogP contribution in [0.3, 0.4) is 0 Å². The van der Waals surface area contributed by atoms with E-state index in [1.165, 1.54) is 0 Å². The van der Waals surface area contributed by atoms with Gasteiger partial charge in [-0.3, -0.25) is 4.98 Å². The molecule has 0 spiro atoms. The van der Waals surface area contributed by atoms with Crippen LogP contribution in [0.25, 0.3) is 11.3 Å². The van der Waals surface area contributed by atoms with Gasteiger partial charge >= 0.3 is 6.09 Å². The van der Waals surface area contributed by atoms with E-state index in [1.807, 2.05) is 57.2 Å². The lowest BCUT2D eigenvalue weighted by Crippen LogP contribution is -2.48. The molecule has 0 saturated carbocycles. The van der Waals surface area contributed by atoms with Gasteiger partial charge in [0.1, 0.15) is 5.60 Å².